The van der Waals surface area contributed by atoms with Crippen LogP contribution in [0.3, 0.4) is 0 Å². The summed E-state index contributed by atoms with van der Waals surface area (Å²) >= 11 is 0. The van der Waals surface area contributed by atoms with Gasteiger partial charge in [-0.05, 0) is 55.7 Å². The van der Waals surface area contributed by atoms with Gasteiger partial charge in [0.1, 0.15) is 0 Å². The molecule has 1 aliphatic heterocycles. The summed E-state index contributed by atoms with van der Waals surface area (Å²) in [6.45, 7) is 3.01. The number of carbonyl (C=O) groups excluding carboxylic acids is 1. The van der Waals surface area contributed by atoms with Crippen molar-refractivity contribution in [3.8, 4) is 0 Å². The highest BCUT2D eigenvalue weighted by molar-refractivity contribution is 7.87. The first-order valence-electron chi connectivity index (χ1n) is 10.2. The molecule has 30 heavy (non-hydrogen) atoms. The molecule has 2 aliphatic rings. The van der Waals surface area contributed by atoms with Gasteiger partial charge in [-0.25, -0.2) is 0 Å². The van der Waals surface area contributed by atoms with E-state index >= 15 is 0 Å². The highest BCUT2D eigenvalue weighted by atomic mass is 32.2. The Hall–Kier alpha value is -2.30. The smallest absolute Gasteiger partial charge is 0.293 e. The second-order valence-electron chi connectivity index (χ2n) is 8.06. The summed E-state index contributed by atoms with van der Waals surface area (Å²) in [6.07, 6.45) is 6.25. The fraction of sp³-hybridized carbons (Fsp3) is 0.550. The first-order chi connectivity index (χ1) is 14.3. The number of nitrogens with one attached hydrogen (secondary N) is 1. The summed E-state index contributed by atoms with van der Waals surface area (Å²) in [6, 6.07) is 0. The zero-order valence-corrected chi connectivity index (χ0v) is 18.4. The lowest BCUT2D eigenvalue weighted by Gasteiger charge is -2.30. The van der Waals surface area contributed by atoms with Crippen LogP contribution in [-0.2, 0) is 42.6 Å². The zero-order chi connectivity index (χ0) is 21.5. The van der Waals surface area contributed by atoms with Crippen LogP contribution in [0.15, 0.2) is 10.7 Å². The minimum atomic E-state index is -3.53. The Labute approximate surface area is 176 Å². The summed E-state index contributed by atoms with van der Waals surface area (Å²) in [4.78, 5) is 19.3. The van der Waals surface area contributed by atoms with Gasteiger partial charge in [0.05, 0.1) is 5.69 Å². The molecular weight excluding hydrogens is 406 g/mol. The number of aryl methyl sites for hydroxylation is 2. The van der Waals surface area contributed by atoms with Gasteiger partial charge in [-0.15, -0.1) is 0 Å². The molecule has 9 nitrogen and oxygen atoms in total. The number of fused-ring (bicyclic) bond motifs is 2. The Kier molecular flexibility index (Phi) is 5.65. The van der Waals surface area contributed by atoms with Crippen molar-refractivity contribution in [2.24, 2.45) is 0 Å². The van der Waals surface area contributed by atoms with E-state index in [0.717, 1.165) is 63.6 Å². The van der Waals surface area contributed by atoms with Crippen LogP contribution in [0.1, 0.15) is 57.0 Å². The average molecular weight is 434 g/mol. The van der Waals surface area contributed by atoms with Crippen LogP contribution in [0.25, 0.3) is 0 Å². The number of hydrogen-bond acceptors (Lipinski definition) is 6. The zero-order valence-electron chi connectivity index (χ0n) is 17.6. The van der Waals surface area contributed by atoms with E-state index in [-0.39, 0.29) is 12.5 Å². The van der Waals surface area contributed by atoms with Gasteiger partial charge in [0.25, 0.3) is 16.1 Å². The van der Waals surface area contributed by atoms with Crippen LogP contribution in [-0.4, -0.2) is 54.3 Å². The molecule has 2 aromatic heterocycles. The number of amides is 1. The van der Waals surface area contributed by atoms with Gasteiger partial charge in [-0.2, -0.15) is 17.4 Å². The molecule has 1 aliphatic carbocycles. The predicted octanol–water partition coefficient (Wildman–Crippen LogP) is 1.35. The van der Waals surface area contributed by atoms with E-state index in [1.54, 1.807) is 11.1 Å². The van der Waals surface area contributed by atoms with E-state index in [2.05, 4.69) is 14.9 Å². The Bertz CT molecular complexity index is 1080. The van der Waals surface area contributed by atoms with Gasteiger partial charge in [-0.3, -0.25) is 9.78 Å². The molecule has 0 radical (unpaired) electrons. The Balaban J connectivity index is 1.55. The minimum Gasteiger partial charge on any atom is -0.350 e. The topological polar surface area (TPSA) is 109 Å². The third-order valence-corrected chi connectivity index (χ3v) is 7.42. The molecule has 0 aromatic carbocycles. The molecule has 0 atom stereocenters. The molecule has 3 heterocycles. The Morgan fingerprint density at radius 2 is 2.00 bits per heavy atom. The van der Waals surface area contributed by atoms with Crippen molar-refractivity contribution in [1.82, 2.24) is 24.1 Å². The van der Waals surface area contributed by atoms with Crippen molar-refractivity contribution in [3.63, 3.8) is 0 Å². The van der Waals surface area contributed by atoms with E-state index in [0.29, 0.717) is 25.3 Å². The molecule has 0 unspecified atom stereocenters. The second-order valence-corrected chi connectivity index (χ2v) is 10.0. The summed E-state index contributed by atoms with van der Waals surface area (Å²) in [5.41, 5.74) is 5.54. The first-order valence-corrected chi connectivity index (χ1v) is 11.6. The highest BCUT2D eigenvalue weighted by Crippen LogP contribution is 2.28. The molecule has 162 valence electrons. The van der Waals surface area contributed by atoms with Crippen molar-refractivity contribution in [2.45, 2.75) is 52.1 Å². The van der Waals surface area contributed by atoms with Gasteiger partial charge in [0.15, 0.2) is 0 Å². The van der Waals surface area contributed by atoms with Crippen molar-refractivity contribution in [3.05, 3.63) is 45.6 Å². The lowest BCUT2D eigenvalue weighted by molar-refractivity contribution is 0.0690. The van der Waals surface area contributed by atoms with E-state index < -0.39 is 10.2 Å². The van der Waals surface area contributed by atoms with Crippen molar-refractivity contribution in [1.29, 1.82) is 0 Å². The Morgan fingerprint density at radius 3 is 2.77 bits per heavy atom. The quantitative estimate of drug-likeness (QED) is 0.763. The maximum Gasteiger partial charge on any atom is 0.293 e. The molecule has 1 N–H and O–H groups in total. The van der Waals surface area contributed by atoms with Crippen LogP contribution in [0.4, 0.5) is 0 Å². The fourth-order valence-corrected chi connectivity index (χ4v) is 4.71. The molecule has 2 aromatic rings. The highest BCUT2D eigenvalue weighted by Gasteiger charge is 2.31. The minimum absolute atomic E-state index is 0.133. The Morgan fingerprint density at radius 1 is 1.23 bits per heavy atom. The second kappa shape index (κ2) is 8.09. The molecule has 0 bridgehead atoms. The lowest BCUT2D eigenvalue weighted by Crippen LogP contribution is -2.38. The van der Waals surface area contributed by atoms with Gasteiger partial charge < -0.3 is 9.42 Å². The molecule has 1 amide bonds. The number of hydrogen-bond donors (Lipinski definition) is 1. The van der Waals surface area contributed by atoms with Crippen LogP contribution >= 0.6 is 0 Å². The number of rotatable bonds is 5. The number of nitrogens with zero attached hydrogens (tertiary/aromatic N) is 4. The molecule has 0 fully saturated rings. The van der Waals surface area contributed by atoms with Crippen molar-refractivity contribution < 1.29 is 17.7 Å². The molecule has 4 rings (SSSR count). The SMILES string of the molecule is Cc1ncc2c(c1CNS(=O)(=O)N(C)C)CCN(C(=O)c1onc3c1CCCC3)C2. The van der Waals surface area contributed by atoms with Crippen LogP contribution in [0.5, 0.6) is 0 Å². The third-order valence-electron chi connectivity index (χ3n) is 5.95. The third kappa shape index (κ3) is 3.86. The van der Waals surface area contributed by atoms with Crippen molar-refractivity contribution >= 4 is 16.1 Å². The maximum atomic E-state index is 13.1. The lowest BCUT2D eigenvalue weighted by atomic mass is 9.93. The maximum absolute atomic E-state index is 13.1. The number of aromatic nitrogens is 2. The van der Waals surface area contributed by atoms with E-state index in [4.69, 9.17) is 4.52 Å². The average Bonchev–Trinajstić information content (AvgIpc) is 3.16. The monoisotopic (exact) mass is 433 g/mol. The van der Waals surface area contributed by atoms with E-state index in [1.807, 2.05) is 6.92 Å². The summed E-state index contributed by atoms with van der Waals surface area (Å²) in [5.74, 6) is 0.235. The number of carbonyl (C=O) groups is 1. The molecule has 10 heteroatoms. The molecule has 0 saturated heterocycles. The predicted molar refractivity (Wildman–Crippen MR) is 110 cm³/mol. The van der Waals surface area contributed by atoms with Gasteiger partial charge >= 0.3 is 0 Å². The van der Waals surface area contributed by atoms with Gasteiger partial charge in [0, 0.05) is 51.2 Å². The normalized spacial score (nSPS) is 16.5. The van der Waals surface area contributed by atoms with Crippen LogP contribution in [0, 0.1) is 6.92 Å². The standard InChI is InChI=1S/C20H27N5O4S/c1-13-17(11-22-30(27,28)24(2)3)15-8-9-25(12-14(15)10-21-13)20(26)19-16-6-4-5-7-18(16)23-29-19/h10,22H,4-9,11-12H2,1-3H3. The van der Waals surface area contributed by atoms with Crippen LogP contribution in [0.2, 0.25) is 0 Å². The molecule has 0 saturated carbocycles. The molecular formula is C20H27N5O4S. The van der Waals surface area contributed by atoms with Gasteiger partial charge in [0.2, 0.25) is 5.76 Å². The summed E-state index contributed by atoms with van der Waals surface area (Å²) in [5, 5.41) is 4.10. The summed E-state index contributed by atoms with van der Waals surface area (Å²) < 4.78 is 33.4. The molecule has 0 spiro atoms. The van der Waals surface area contributed by atoms with Gasteiger partial charge in [-0.1, -0.05) is 5.16 Å². The van der Waals surface area contributed by atoms with Crippen molar-refractivity contribution in [2.75, 3.05) is 20.6 Å². The number of pyridine rings is 1. The fourth-order valence-electron chi connectivity index (χ4n) is 4.12. The first kappa shape index (κ1) is 21.0. The largest absolute Gasteiger partial charge is 0.350 e. The van der Waals surface area contributed by atoms with E-state index in [1.165, 1.54) is 14.1 Å². The van der Waals surface area contributed by atoms with E-state index in [9.17, 15) is 13.2 Å². The summed E-state index contributed by atoms with van der Waals surface area (Å²) in [7, 11) is -0.559. The van der Waals surface area contributed by atoms with Crippen LogP contribution < -0.4 is 4.72 Å².